The Morgan fingerprint density at radius 3 is 2.44 bits per heavy atom. The molecule has 0 aromatic heterocycles. The van der Waals surface area contributed by atoms with Crippen LogP contribution in [-0.2, 0) is 11.3 Å². The number of ether oxygens (including phenoxy) is 1. The van der Waals surface area contributed by atoms with Gasteiger partial charge in [-0.1, -0.05) is 42.6 Å². The quantitative estimate of drug-likeness (QED) is 0.702. The largest absolute Gasteiger partial charge is 0.481 e. The van der Waals surface area contributed by atoms with Crippen molar-refractivity contribution in [2.24, 2.45) is 5.92 Å². The van der Waals surface area contributed by atoms with Crippen LogP contribution >= 0.6 is 0 Å². The number of halogens is 3. The normalized spacial score (nSPS) is 24.4. The van der Waals surface area contributed by atoms with Gasteiger partial charge >= 0.3 is 6.98 Å². The lowest BCUT2D eigenvalue weighted by Crippen LogP contribution is -2.16. The summed E-state index contributed by atoms with van der Waals surface area (Å²) < 4.78 is 42.0. The number of hydrogen-bond acceptors (Lipinski definition) is 1. The highest BCUT2D eigenvalue weighted by Crippen LogP contribution is 2.53. The van der Waals surface area contributed by atoms with E-state index in [0.717, 1.165) is 5.56 Å². The summed E-state index contributed by atoms with van der Waals surface area (Å²) in [6.07, 6.45) is 0.248. The Hall–Kier alpha value is -0.965. The molecule has 0 N–H and O–H groups in total. The molecule has 1 aromatic carbocycles. The maximum atomic E-state index is 12.2. The van der Waals surface area contributed by atoms with Gasteiger partial charge in [-0.25, -0.2) is 0 Å². The number of benzene rings is 1. The third kappa shape index (κ3) is 3.01. The summed E-state index contributed by atoms with van der Waals surface area (Å²) in [5.74, 6) is -1.38. The first-order valence-corrected chi connectivity index (χ1v) is 5.39. The molecule has 0 radical (unpaired) electrons. The molecule has 0 spiro atoms. The van der Waals surface area contributed by atoms with Gasteiger partial charge in [0.25, 0.3) is 0 Å². The minimum Gasteiger partial charge on any atom is -0.449 e. The number of hydrogen-bond donors (Lipinski definition) is 0. The molecule has 0 saturated heterocycles. The first kappa shape index (κ1) is 11.5. The minimum absolute atomic E-state index is 0.223. The van der Waals surface area contributed by atoms with Crippen LogP contribution in [-0.4, -0.2) is 13.6 Å². The molecule has 1 aliphatic rings. The van der Waals surface area contributed by atoms with Crippen molar-refractivity contribution >= 4 is 6.98 Å². The van der Waals surface area contributed by atoms with E-state index >= 15 is 0 Å². The average Bonchev–Trinajstić information content (AvgIpc) is 2.98. The van der Waals surface area contributed by atoms with E-state index in [1.165, 1.54) is 0 Å². The smallest absolute Gasteiger partial charge is 0.449 e. The molecule has 5 heteroatoms. The lowest BCUT2D eigenvalue weighted by Gasteiger charge is -2.12. The van der Waals surface area contributed by atoms with Crippen LogP contribution < -0.4 is 0 Å². The summed E-state index contributed by atoms with van der Waals surface area (Å²) in [6, 6.07) is 9.47. The standard InChI is InChI=1S/C11H13BF3O/c13-12(14,15)11-6-10(11)8-16-7-9-4-2-1-3-5-9/h1-5,10-11H,6-8H2/q-1/t10-,11+/m1/s1. The van der Waals surface area contributed by atoms with Gasteiger partial charge in [0.1, 0.15) is 0 Å². The van der Waals surface area contributed by atoms with Crippen molar-refractivity contribution in [1.29, 1.82) is 0 Å². The lowest BCUT2D eigenvalue weighted by molar-refractivity contribution is 0.110. The van der Waals surface area contributed by atoms with Gasteiger partial charge in [-0.2, -0.15) is 0 Å². The van der Waals surface area contributed by atoms with Crippen molar-refractivity contribution in [3.63, 3.8) is 0 Å². The van der Waals surface area contributed by atoms with Crippen molar-refractivity contribution in [2.75, 3.05) is 6.61 Å². The molecule has 1 aliphatic carbocycles. The SMILES string of the molecule is F[B-](F)(F)[C@H]1C[C@@H]1COCc1ccccc1. The fourth-order valence-electron chi connectivity index (χ4n) is 1.83. The van der Waals surface area contributed by atoms with Gasteiger partial charge in [0.15, 0.2) is 0 Å². The second-order valence-electron chi connectivity index (χ2n) is 4.29. The Bertz CT molecular complexity index is 339. The van der Waals surface area contributed by atoms with Crippen LogP contribution in [0.4, 0.5) is 12.9 Å². The molecule has 1 fully saturated rings. The van der Waals surface area contributed by atoms with Crippen LogP contribution in [0.1, 0.15) is 12.0 Å². The topological polar surface area (TPSA) is 9.23 Å². The summed E-state index contributed by atoms with van der Waals surface area (Å²) in [5, 5.41) is 0. The fourth-order valence-corrected chi connectivity index (χ4v) is 1.83. The van der Waals surface area contributed by atoms with Gasteiger partial charge in [-0.15, -0.1) is 0 Å². The van der Waals surface area contributed by atoms with Crippen molar-refractivity contribution in [3.8, 4) is 0 Å². The van der Waals surface area contributed by atoms with Crippen molar-refractivity contribution < 1.29 is 17.7 Å². The summed E-state index contributed by atoms with van der Waals surface area (Å²) >= 11 is 0. The van der Waals surface area contributed by atoms with E-state index in [1.54, 1.807) is 0 Å². The molecule has 1 saturated carbocycles. The molecule has 0 amide bonds. The first-order valence-electron chi connectivity index (χ1n) is 5.39. The van der Waals surface area contributed by atoms with E-state index in [0.29, 0.717) is 6.61 Å². The third-order valence-corrected chi connectivity index (χ3v) is 2.91. The van der Waals surface area contributed by atoms with Gasteiger partial charge < -0.3 is 17.7 Å². The van der Waals surface area contributed by atoms with E-state index in [2.05, 4.69) is 0 Å². The molecule has 2 rings (SSSR count). The zero-order valence-electron chi connectivity index (χ0n) is 8.78. The Labute approximate surface area is 92.7 Å². The van der Waals surface area contributed by atoms with Crippen LogP contribution in [0, 0.1) is 5.92 Å². The van der Waals surface area contributed by atoms with E-state index < -0.39 is 12.8 Å². The zero-order chi connectivity index (χ0) is 11.6. The van der Waals surface area contributed by atoms with Crippen LogP contribution in [0.5, 0.6) is 0 Å². The molecule has 2 atom stereocenters. The average molecular weight is 229 g/mol. The first-order chi connectivity index (χ1) is 7.57. The van der Waals surface area contributed by atoms with E-state index in [1.807, 2.05) is 30.3 Å². The van der Waals surface area contributed by atoms with E-state index in [4.69, 9.17) is 4.74 Å². The number of rotatable bonds is 5. The highest BCUT2D eigenvalue weighted by Gasteiger charge is 2.50. The highest BCUT2D eigenvalue weighted by molar-refractivity contribution is 6.61. The zero-order valence-corrected chi connectivity index (χ0v) is 8.78. The van der Waals surface area contributed by atoms with Gasteiger partial charge in [-0.3, -0.25) is 0 Å². The third-order valence-electron chi connectivity index (χ3n) is 2.91. The van der Waals surface area contributed by atoms with Crippen LogP contribution in [0.25, 0.3) is 0 Å². The molecule has 0 bridgehead atoms. The van der Waals surface area contributed by atoms with Crippen molar-refractivity contribution in [1.82, 2.24) is 0 Å². The predicted molar refractivity (Wildman–Crippen MR) is 57.0 cm³/mol. The van der Waals surface area contributed by atoms with Crippen LogP contribution in [0.3, 0.4) is 0 Å². The van der Waals surface area contributed by atoms with Crippen LogP contribution in [0.15, 0.2) is 30.3 Å². The Kier molecular flexibility index (Phi) is 3.24. The van der Waals surface area contributed by atoms with Gasteiger partial charge in [-0.05, 0) is 11.5 Å². The molecule has 1 aromatic rings. The Morgan fingerprint density at radius 2 is 1.88 bits per heavy atom. The Balaban J connectivity index is 1.68. The molecular formula is C11H13BF3O-. The molecule has 0 unspecified atom stereocenters. The Morgan fingerprint density at radius 1 is 1.19 bits per heavy atom. The monoisotopic (exact) mass is 229 g/mol. The van der Waals surface area contributed by atoms with Crippen LogP contribution in [0.2, 0.25) is 5.82 Å². The highest BCUT2D eigenvalue weighted by atomic mass is 19.4. The molecular weight excluding hydrogens is 216 g/mol. The second-order valence-corrected chi connectivity index (χ2v) is 4.29. The summed E-state index contributed by atoms with van der Waals surface area (Å²) in [4.78, 5) is 0. The molecule has 88 valence electrons. The van der Waals surface area contributed by atoms with Gasteiger partial charge in [0.05, 0.1) is 6.61 Å². The maximum absolute atomic E-state index is 12.2. The molecule has 16 heavy (non-hydrogen) atoms. The van der Waals surface area contributed by atoms with Crippen molar-refractivity contribution in [3.05, 3.63) is 35.9 Å². The van der Waals surface area contributed by atoms with E-state index in [-0.39, 0.29) is 18.9 Å². The molecule has 0 aliphatic heterocycles. The second kappa shape index (κ2) is 4.49. The fraction of sp³-hybridized carbons (Fsp3) is 0.455. The van der Waals surface area contributed by atoms with Crippen molar-refractivity contribution in [2.45, 2.75) is 18.8 Å². The summed E-state index contributed by atoms with van der Waals surface area (Å²) in [6.45, 7) is -4.03. The maximum Gasteiger partial charge on any atom is 0.481 e. The van der Waals surface area contributed by atoms with E-state index in [9.17, 15) is 12.9 Å². The predicted octanol–water partition coefficient (Wildman–Crippen LogP) is 3.44. The van der Waals surface area contributed by atoms with Gasteiger partial charge in [0, 0.05) is 6.61 Å². The molecule has 0 heterocycles. The lowest BCUT2D eigenvalue weighted by atomic mass is 9.82. The summed E-state index contributed by atoms with van der Waals surface area (Å²) in [7, 11) is 0. The van der Waals surface area contributed by atoms with Gasteiger partial charge in [0.2, 0.25) is 0 Å². The minimum atomic E-state index is -4.65. The molecule has 1 nitrogen and oxygen atoms in total. The summed E-state index contributed by atoms with van der Waals surface area (Å²) in [5.41, 5.74) is 0.997.